The van der Waals surface area contributed by atoms with Crippen LogP contribution in [0.4, 0.5) is 0 Å². The van der Waals surface area contributed by atoms with E-state index in [2.05, 4.69) is 0 Å². The minimum atomic E-state index is -1.29. The third-order valence-corrected chi connectivity index (χ3v) is 4.04. The third-order valence-electron chi connectivity index (χ3n) is 4.04. The van der Waals surface area contributed by atoms with Crippen molar-refractivity contribution in [1.29, 1.82) is 0 Å². The molecule has 0 aliphatic heterocycles. The first-order chi connectivity index (χ1) is 15.8. The van der Waals surface area contributed by atoms with Crippen LogP contribution in [0.2, 0.25) is 0 Å². The Morgan fingerprint density at radius 2 is 1.00 bits per heavy atom. The van der Waals surface area contributed by atoms with Crippen molar-refractivity contribution in [2.75, 3.05) is 0 Å². The number of carboxylic acid groups (broad SMARTS) is 4. The first kappa shape index (κ1) is 30.0. The van der Waals surface area contributed by atoms with E-state index in [9.17, 15) is 19.2 Å². The summed E-state index contributed by atoms with van der Waals surface area (Å²) in [5.74, 6) is -4.32. The van der Waals surface area contributed by atoms with Crippen molar-refractivity contribution >= 4 is 23.9 Å². The van der Waals surface area contributed by atoms with Gasteiger partial charge in [0.25, 0.3) is 0 Å². The standard InChI is InChI=1S/C9H11NO3.C9H11NO2.C4H7NO4/c10-8(9(12)13)5-6-1-3-7(11)4-2-6;10-8(9(11)12)6-7-4-2-1-3-5-7;5-2(4(8)9)1-3(6)7/h1-4,8,11H,5,10H2,(H,12,13);1-5,8H,6,10H2,(H,11,12);2H,1,5H2,(H,6,7)(H,8,9)/t2*8-;2-/m000/s1. The van der Waals surface area contributed by atoms with E-state index in [4.69, 9.17) is 42.7 Å². The van der Waals surface area contributed by atoms with Crippen LogP contribution < -0.4 is 17.2 Å². The third kappa shape index (κ3) is 14.1. The normalized spacial score (nSPS) is 12.4. The number of aromatic hydroxyl groups is 1. The number of hydrogen-bond acceptors (Lipinski definition) is 8. The van der Waals surface area contributed by atoms with Crippen molar-refractivity contribution in [3.05, 3.63) is 65.7 Å². The van der Waals surface area contributed by atoms with Crippen LogP contribution in [0.25, 0.3) is 0 Å². The number of nitrogens with two attached hydrogens (primary N) is 3. The lowest BCUT2D eigenvalue weighted by molar-refractivity contribution is -0.144. The maximum Gasteiger partial charge on any atom is 0.321 e. The summed E-state index contributed by atoms with van der Waals surface area (Å²) in [7, 11) is 0. The molecule has 0 aliphatic rings. The summed E-state index contributed by atoms with van der Waals surface area (Å²) in [4.78, 5) is 40.4. The highest BCUT2D eigenvalue weighted by Crippen LogP contribution is 2.10. The predicted molar refractivity (Wildman–Crippen MR) is 121 cm³/mol. The van der Waals surface area contributed by atoms with Gasteiger partial charge in [0.15, 0.2) is 0 Å². The lowest BCUT2D eigenvalue weighted by atomic mass is 10.1. The van der Waals surface area contributed by atoms with Crippen LogP contribution in [0.5, 0.6) is 5.75 Å². The molecule has 12 nitrogen and oxygen atoms in total. The molecule has 0 unspecified atom stereocenters. The second-order valence-electron chi connectivity index (χ2n) is 6.99. The number of rotatable bonds is 9. The van der Waals surface area contributed by atoms with Crippen LogP contribution in [-0.4, -0.2) is 67.5 Å². The quantitative estimate of drug-likeness (QED) is 0.234. The number of carboxylic acids is 4. The van der Waals surface area contributed by atoms with Gasteiger partial charge < -0.3 is 42.7 Å². The SMILES string of the molecule is N[C@@H](CC(=O)O)C(=O)O.N[C@@H](Cc1ccc(O)cc1)C(=O)O.N[C@@H](Cc1ccccc1)C(=O)O. The van der Waals surface area contributed by atoms with Gasteiger partial charge in [0.1, 0.15) is 23.9 Å². The molecule has 0 aromatic heterocycles. The molecule has 12 heteroatoms. The Morgan fingerprint density at radius 3 is 1.32 bits per heavy atom. The van der Waals surface area contributed by atoms with E-state index >= 15 is 0 Å². The van der Waals surface area contributed by atoms with Crippen molar-refractivity contribution in [3.8, 4) is 5.75 Å². The average Bonchev–Trinajstić information content (AvgIpc) is 2.76. The fraction of sp³-hybridized carbons (Fsp3) is 0.273. The highest BCUT2D eigenvalue weighted by molar-refractivity contribution is 5.80. The van der Waals surface area contributed by atoms with Gasteiger partial charge in [-0.05, 0) is 36.1 Å². The molecule has 2 aromatic carbocycles. The molecule has 0 aliphatic carbocycles. The average molecular weight is 479 g/mol. The van der Waals surface area contributed by atoms with Gasteiger partial charge in [-0.25, -0.2) is 0 Å². The fourth-order valence-electron chi connectivity index (χ4n) is 2.20. The van der Waals surface area contributed by atoms with Gasteiger partial charge >= 0.3 is 23.9 Å². The Bertz CT molecular complexity index is 921. The second kappa shape index (κ2) is 15.7. The van der Waals surface area contributed by atoms with E-state index in [1.54, 1.807) is 12.1 Å². The lowest BCUT2D eigenvalue weighted by Gasteiger charge is -2.05. The van der Waals surface area contributed by atoms with E-state index < -0.39 is 48.4 Å². The minimum Gasteiger partial charge on any atom is -0.508 e. The summed E-state index contributed by atoms with van der Waals surface area (Å²) in [6.07, 6.45) is 0.126. The maximum absolute atomic E-state index is 10.4. The molecule has 0 heterocycles. The number of benzene rings is 2. The smallest absolute Gasteiger partial charge is 0.321 e. The Hall–Kier alpha value is -4.00. The highest BCUT2D eigenvalue weighted by atomic mass is 16.4. The Balaban J connectivity index is 0.000000490. The molecule has 0 spiro atoms. The molecular formula is C22H29N3O9. The number of carbonyl (C=O) groups is 4. The van der Waals surface area contributed by atoms with Crippen molar-refractivity contribution < 1.29 is 44.7 Å². The van der Waals surface area contributed by atoms with E-state index in [0.717, 1.165) is 11.1 Å². The van der Waals surface area contributed by atoms with Gasteiger partial charge in [-0.2, -0.15) is 0 Å². The maximum atomic E-state index is 10.4. The monoisotopic (exact) mass is 479 g/mol. The molecular weight excluding hydrogens is 450 g/mol. The first-order valence-electron chi connectivity index (χ1n) is 9.82. The summed E-state index contributed by atoms with van der Waals surface area (Å²) >= 11 is 0. The van der Waals surface area contributed by atoms with Gasteiger partial charge in [-0.15, -0.1) is 0 Å². The predicted octanol–water partition coefficient (Wildman–Crippen LogP) is -0.139. The Labute approximate surface area is 195 Å². The van der Waals surface area contributed by atoms with Crippen LogP contribution in [0, 0.1) is 0 Å². The molecule has 0 bridgehead atoms. The van der Waals surface area contributed by atoms with E-state index in [-0.39, 0.29) is 12.2 Å². The largest absolute Gasteiger partial charge is 0.508 e. The van der Waals surface area contributed by atoms with E-state index in [1.807, 2.05) is 30.3 Å². The van der Waals surface area contributed by atoms with Crippen molar-refractivity contribution in [2.24, 2.45) is 17.2 Å². The van der Waals surface area contributed by atoms with Gasteiger partial charge in [0.05, 0.1) is 6.42 Å². The Kier molecular flexibility index (Phi) is 13.9. The van der Waals surface area contributed by atoms with E-state index in [0.29, 0.717) is 6.42 Å². The highest BCUT2D eigenvalue weighted by Gasteiger charge is 2.14. The molecule has 11 N–H and O–H groups in total. The second-order valence-corrected chi connectivity index (χ2v) is 6.99. The number of hydrogen-bond donors (Lipinski definition) is 8. The first-order valence-corrected chi connectivity index (χ1v) is 9.82. The minimum absolute atomic E-state index is 0.160. The molecule has 34 heavy (non-hydrogen) atoms. The van der Waals surface area contributed by atoms with Crippen LogP contribution >= 0.6 is 0 Å². The van der Waals surface area contributed by atoms with Gasteiger partial charge in [0.2, 0.25) is 0 Å². The summed E-state index contributed by atoms with van der Waals surface area (Å²) < 4.78 is 0. The molecule has 0 radical (unpaired) electrons. The molecule has 0 saturated carbocycles. The summed E-state index contributed by atoms with van der Waals surface area (Å²) in [5.41, 5.74) is 17.3. The van der Waals surface area contributed by atoms with Crippen LogP contribution in [-0.2, 0) is 32.0 Å². The van der Waals surface area contributed by atoms with Gasteiger partial charge in [0, 0.05) is 0 Å². The van der Waals surface area contributed by atoms with Crippen LogP contribution in [0.15, 0.2) is 54.6 Å². The van der Waals surface area contributed by atoms with Crippen LogP contribution in [0.3, 0.4) is 0 Å². The molecule has 2 rings (SSSR count). The lowest BCUT2D eigenvalue weighted by Crippen LogP contribution is -2.32. The fourth-order valence-corrected chi connectivity index (χ4v) is 2.20. The van der Waals surface area contributed by atoms with Crippen molar-refractivity contribution in [2.45, 2.75) is 37.4 Å². The molecule has 186 valence electrons. The molecule has 3 atom stereocenters. The van der Waals surface area contributed by atoms with Gasteiger partial charge in [-0.1, -0.05) is 42.5 Å². The number of phenols is 1. The zero-order chi connectivity index (χ0) is 26.3. The van der Waals surface area contributed by atoms with Crippen LogP contribution in [0.1, 0.15) is 17.5 Å². The van der Waals surface area contributed by atoms with Gasteiger partial charge in [-0.3, -0.25) is 19.2 Å². The molecule has 2 aromatic rings. The zero-order valence-corrected chi connectivity index (χ0v) is 18.2. The van der Waals surface area contributed by atoms with Crippen molar-refractivity contribution in [3.63, 3.8) is 0 Å². The zero-order valence-electron chi connectivity index (χ0n) is 18.2. The Morgan fingerprint density at radius 1 is 0.618 bits per heavy atom. The summed E-state index contributed by atoms with van der Waals surface area (Å²) in [5, 5.41) is 42.0. The topological polar surface area (TPSA) is 247 Å². The summed E-state index contributed by atoms with van der Waals surface area (Å²) in [6.45, 7) is 0. The molecule has 0 saturated heterocycles. The summed E-state index contributed by atoms with van der Waals surface area (Å²) in [6, 6.07) is 12.7. The van der Waals surface area contributed by atoms with E-state index in [1.165, 1.54) is 12.1 Å². The molecule has 0 fully saturated rings. The number of phenolic OH excluding ortho intramolecular Hbond substituents is 1. The number of aliphatic carboxylic acids is 4. The van der Waals surface area contributed by atoms with Crippen molar-refractivity contribution in [1.82, 2.24) is 0 Å². The molecule has 0 amide bonds.